The minimum atomic E-state index is -3.90. The first-order valence-corrected chi connectivity index (χ1v) is 16.7. The highest BCUT2D eigenvalue weighted by Gasteiger charge is 2.34. The van der Waals surface area contributed by atoms with Crippen molar-refractivity contribution in [2.45, 2.75) is 57.7 Å². The molecule has 7 nitrogen and oxygen atoms in total. The van der Waals surface area contributed by atoms with Crippen LogP contribution in [0.1, 0.15) is 42.4 Å². The number of hydrogen-bond donors (Lipinski definition) is 1. The van der Waals surface area contributed by atoms with Gasteiger partial charge in [-0.05, 0) is 60.7 Å². The Morgan fingerprint density at radius 3 is 2.21 bits per heavy atom. The van der Waals surface area contributed by atoms with E-state index in [9.17, 15) is 18.0 Å². The molecule has 4 rings (SSSR count). The van der Waals surface area contributed by atoms with Crippen LogP contribution in [0.15, 0.2) is 66.7 Å². The Balaban J connectivity index is 1.74. The molecule has 1 atom stereocenters. The molecule has 1 aliphatic carbocycles. The SMILES string of the molecule is Cc1ccc(N(CC(=O)N(Cc2ccc(Cl)c(Cl)c2)[C@H](Cc2ccccc2)C(=O)NC2CCCC2)S(C)(=O)=O)cc1Cl. The fourth-order valence-corrected chi connectivity index (χ4v) is 6.44. The molecule has 1 saturated carbocycles. The largest absolute Gasteiger partial charge is 0.352 e. The number of nitrogens with zero attached hydrogens (tertiary/aromatic N) is 2. The highest BCUT2D eigenvalue weighted by molar-refractivity contribution is 7.92. The number of carbonyl (C=O) groups is 2. The normalized spacial score (nSPS) is 14.4. The average molecular weight is 651 g/mol. The zero-order valence-electron chi connectivity index (χ0n) is 23.5. The monoisotopic (exact) mass is 649 g/mol. The Morgan fingerprint density at radius 2 is 1.60 bits per heavy atom. The molecule has 1 fully saturated rings. The molecule has 0 aromatic heterocycles. The topological polar surface area (TPSA) is 86.8 Å². The van der Waals surface area contributed by atoms with Gasteiger partial charge in [-0.1, -0.05) is 90.1 Å². The number of amides is 2. The van der Waals surface area contributed by atoms with Crippen molar-refractivity contribution in [1.82, 2.24) is 10.2 Å². The maximum atomic E-state index is 14.2. The quantitative estimate of drug-likeness (QED) is 0.260. The van der Waals surface area contributed by atoms with Crippen molar-refractivity contribution >= 4 is 62.3 Å². The van der Waals surface area contributed by atoms with E-state index in [0.717, 1.165) is 47.4 Å². The molecule has 11 heteroatoms. The average Bonchev–Trinajstić information content (AvgIpc) is 3.45. The molecule has 0 radical (unpaired) electrons. The van der Waals surface area contributed by atoms with Gasteiger partial charge >= 0.3 is 0 Å². The lowest BCUT2D eigenvalue weighted by atomic mass is 10.0. The first-order chi connectivity index (χ1) is 19.9. The van der Waals surface area contributed by atoms with Gasteiger partial charge in [0.2, 0.25) is 21.8 Å². The van der Waals surface area contributed by atoms with E-state index in [0.29, 0.717) is 20.6 Å². The minimum absolute atomic E-state index is 0.0115. The van der Waals surface area contributed by atoms with Crippen LogP contribution in [0, 0.1) is 6.92 Å². The van der Waals surface area contributed by atoms with Gasteiger partial charge in [0.1, 0.15) is 12.6 Å². The van der Waals surface area contributed by atoms with Crippen molar-refractivity contribution in [3.8, 4) is 0 Å². The molecule has 0 unspecified atom stereocenters. The highest BCUT2D eigenvalue weighted by Crippen LogP contribution is 2.27. The molecule has 1 N–H and O–H groups in total. The van der Waals surface area contributed by atoms with Crippen molar-refractivity contribution in [3.63, 3.8) is 0 Å². The van der Waals surface area contributed by atoms with E-state index >= 15 is 0 Å². The lowest BCUT2D eigenvalue weighted by Gasteiger charge is -2.34. The smallest absolute Gasteiger partial charge is 0.244 e. The van der Waals surface area contributed by atoms with E-state index in [2.05, 4.69) is 5.32 Å². The van der Waals surface area contributed by atoms with Gasteiger partial charge in [-0.25, -0.2) is 8.42 Å². The van der Waals surface area contributed by atoms with Crippen LogP contribution in [0.25, 0.3) is 0 Å². The molecule has 3 aromatic rings. The van der Waals surface area contributed by atoms with Gasteiger partial charge in [-0.2, -0.15) is 0 Å². The van der Waals surface area contributed by atoms with E-state index < -0.39 is 28.5 Å². The van der Waals surface area contributed by atoms with Crippen LogP contribution < -0.4 is 9.62 Å². The van der Waals surface area contributed by atoms with Gasteiger partial charge in [0.25, 0.3) is 0 Å². The van der Waals surface area contributed by atoms with E-state index in [1.54, 1.807) is 37.3 Å². The van der Waals surface area contributed by atoms with Crippen LogP contribution in [0.2, 0.25) is 15.1 Å². The Kier molecular flexibility index (Phi) is 10.8. The number of nitrogens with one attached hydrogen (secondary N) is 1. The predicted octanol–water partition coefficient (Wildman–Crippen LogP) is 6.42. The van der Waals surface area contributed by atoms with Crippen molar-refractivity contribution < 1.29 is 18.0 Å². The second-order valence-electron chi connectivity index (χ2n) is 10.7. The first-order valence-electron chi connectivity index (χ1n) is 13.7. The molecule has 0 bridgehead atoms. The Labute approximate surface area is 262 Å². The number of aryl methyl sites for hydroxylation is 1. The number of rotatable bonds is 11. The highest BCUT2D eigenvalue weighted by atomic mass is 35.5. The standard InChI is InChI=1S/C31H34Cl3N3O4S/c1-21-12-14-25(18-27(21)33)37(42(2,40)41)20-30(38)36(19-23-13-15-26(32)28(34)16-23)29(17-22-8-4-3-5-9-22)31(39)35-24-10-6-7-11-24/h3-5,8-9,12-16,18,24,29H,6-7,10-11,17,19-20H2,1-2H3,(H,35,39)/t29-/m1/s1. The summed E-state index contributed by atoms with van der Waals surface area (Å²) in [5, 5.41) is 4.18. The maximum absolute atomic E-state index is 14.2. The molecule has 0 aliphatic heterocycles. The Bertz CT molecular complexity index is 1530. The zero-order valence-corrected chi connectivity index (χ0v) is 26.6. The van der Waals surface area contributed by atoms with Crippen molar-refractivity contribution in [2.75, 3.05) is 17.1 Å². The lowest BCUT2D eigenvalue weighted by Crippen LogP contribution is -2.54. The van der Waals surface area contributed by atoms with Gasteiger partial charge in [0, 0.05) is 24.0 Å². The van der Waals surface area contributed by atoms with Crippen LogP contribution in [0.5, 0.6) is 0 Å². The molecule has 3 aromatic carbocycles. The second-order valence-corrected chi connectivity index (χ2v) is 13.8. The molecule has 224 valence electrons. The summed E-state index contributed by atoms with van der Waals surface area (Å²) in [5.41, 5.74) is 2.54. The number of anilines is 1. The molecular formula is C31H34Cl3N3O4S. The third kappa shape index (κ3) is 8.40. The molecule has 1 aliphatic rings. The van der Waals surface area contributed by atoms with Gasteiger partial charge in [-0.15, -0.1) is 0 Å². The molecule has 0 spiro atoms. The summed E-state index contributed by atoms with van der Waals surface area (Å²) in [6.45, 7) is 1.29. The summed E-state index contributed by atoms with van der Waals surface area (Å²) in [4.78, 5) is 29.5. The number of carbonyl (C=O) groups excluding carboxylic acids is 2. The van der Waals surface area contributed by atoms with Crippen molar-refractivity contribution in [1.29, 1.82) is 0 Å². The fraction of sp³-hybridized carbons (Fsp3) is 0.355. The van der Waals surface area contributed by atoms with Crippen LogP contribution >= 0.6 is 34.8 Å². The van der Waals surface area contributed by atoms with Crippen molar-refractivity contribution in [2.24, 2.45) is 0 Å². The number of hydrogen-bond acceptors (Lipinski definition) is 4. The van der Waals surface area contributed by atoms with Crippen molar-refractivity contribution in [3.05, 3.63) is 98.5 Å². The summed E-state index contributed by atoms with van der Waals surface area (Å²) in [6, 6.07) is 18.4. The van der Waals surface area contributed by atoms with Crippen LogP contribution in [0.3, 0.4) is 0 Å². The van der Waals surface area contributed by atoms with E-state index in [1.807, 2.05) is 30.3 Å². The van der Waals surface area contributed by atoms with Gasteiger partial charge in [0.15, 0.2) is 0 Å². The second kappa shape index (κ2) is 14.1. The molecule has 2 amide bonds. The summed E-state index contributed by atoms with van der Waals surface area (Å²) in [5.74, 6) is -0.839. The third-order valence-corrected chi connectivity index (χ3v) is 9.72. The van der Waals surface area contributed by atoms with Gasteiger partial charge < -0.3 is 10.2 Å². The lowest BCUT2D eigenvalue weighted by molar-refractivity contribution is -0.140. The predicted molar refractivity (Wildman–Crippen MR) is 170 cm³/mol. The first kappa shape index (κ1) is 32.1. The van der Waals surface area contributed by atoms with Gasteiger partial charge in [0.05, 0.1) is 22.0 Å². The van der Waals surface area contributed by atoms with E-state index in [4.69, 9.17) is 34.8 Å². The minimum Gasteiger partial charge on any atom is -0.352 e. The van der Waals surface area contributed by atoms with E-state index in [1.165, 1.54) is 11.0 Å². The van der Waals surface area contributed by atoms with Crippen LogP contribution in [-0.2, 0) is 32.6 Å². The van der Waals surface area contributed by atoms with E-state index in [-0.39, 0.29) is 30.6 Å². The number of sulfonamides is 1. The third-order valence-electron chi connectivity index (χ3n) is 7.43. The van der Waals surface area contributed by atoms with Gasteiger partial charge in [-0.3, -0.25) is 13.9 Å². The summed E-state index contributed by atoms with van der Waals surface area (Å²) in [6.07, 6.45) is 5.08. The molecule has 0 saturated heterocycles. The number of benzene rings is 3. The molecular weight excluding hydrogens is 617 g/mol. The Hall–Kier alpha value is -2.78. The molecule has 0 heterocycles. The summed E-state index contributed by atoms with van der Waals surface area (Å²) in [7, 11) is -3.90. The molecule has 42 heavy (non-hydrogen) atoms. The summed E-state index contributed by atoms with van der Waals surface area (Å²) < 4.78 is 26.9. The van der Waals surface area contributed by atoms with Crippen LogP contribution in [0.4, 0.5) is 5.69 Å². The maximum Gasteiger partial charge on any atom is 0.244 e. The zero-order chi connectivity index (χ0) is 30.4. The Morgan fingerprint density at radius 1 is 0.905 bits per heavy atom. The van der Waals surface area contributed by atoms with Crippen LogP contribution in [-0.4, -0.2) is 50.0 Å². The fourth-order valence-electron chi connectivity index (χ4n) is 5.11. The number of halogens is 3. The summed E-state index contributed by atoms with van der Waals surface area (Å²) >= 11 is 18.8.